The lowest BCUT2D eigenvalue weighted by Crippen LogP contribution is -2.48. The van der Waals surface area contributed by atoms with Gasteiger partial charge in [-0.05, 0) is 37.0 Å². The third-order valence-electron chi connectivity index (χ3n) is 6.89. The van der Waals surface area contributed by atoms with E-state index in [4.69, 9.17) is 5.26 Å². The quantitative estimate of drug-likeness (QED) is 0.716. The van der Waals surface area contributed by atoms with Crippen molar-refractivity contribution >= 4 is 17.6 Å². The van der Waals surface area contributed by atoms with Gasteiger partial charge in [0, 0.05) is 57.9 Å². The normalized spacial score (nSPS) is 19.9. The molecule has 1 atom stereocenters. The number of piperidine rings is 1. The number of carbonyl (C=O) groups is 2. The Hall–Kier alpha value is -2.96. The SMILES string of the molecule is CC(C)CNC(=O)N1CC(C(=O)N(C)C)C2(CCN(c3ccc(C#N)c(C(F)(F)F)c3)CC2)C1. The summed E-state index contributed by atoms with van der Waals surface area (Å²) < 4.78 is 40.2. The van der Waals surface area contributed by atoms with Crippen LogP contribution in [-0.4, -0.2) is 68.6 Å². The van der Waals surface area contributed by atoms with E-state index >= 15 is 0 Å². The zero-order chi connectivity index (χ0) is 25.3. The number of rotatable bonds is 4. The topological polar surface area (TPSA) is 79.7 Å². The van der Waals surface area contributed by atoms with Crippen molar-refractivity contribution in [2.24, 2.45) is 17.3 Å². The molecule has 2 fully saturated rings. The van der Waals surface area contributed by atoms with Gasteiger partial charge in [-0.25, -0.2) is 4.79 Å². The van der Waals surface area contributed by atoms with Gasteiger partial charge >= 0.3 is 12.2 Å². The predicted molar refractivity (Wildman–Crippen MR) is 122 cm³/mol. The predicted octanol–water partition coefficient (Wildman–Crippen LogP) is 3.55. The average Bonchev–Trinajstić information content (AvgIpc) is 3.15. The Morgan fingerprint density at radius 2 is 1.91 bits per heavy atom. The van der Waals surface area contributed by atoms with Gasteiger partial charge in [-0.1, -0.05) is 13.8 Å². The molecule has 0 aliphatic carbocycles. The van der Waals surface area contributed by atoms with Gasteiger partial charge in [0.05, 0.1) is 23.1 Å². The molecule has 1 unspecified atom stereocenters. The molecule has 0 bridgehead atoms. The molecule has 2 saturated heterocycles. The number of amides is 3. The molecule has 1 N–H and O–H groups in total. The van der Waals surface area contributed by atoms with Crippen molar-refractivity contribution in [3.05, 3.63) is 29.3 Å². The molecule has 2 heterocycles. The highest BCUT2D eigenvalue weighted by Crippen LogP contribution is 2.46. The van der Waals surface area contributed by atoms with E-state index in [1.54, 1.807) is 30.0 Å². The number of nitriles is 1. The number of anilines is 1. The molecule has 3 amide bonds. The lowest BCUT2D eigenvalue weighted by Gasteiger charge is -2.43. The van der Waals surface area contributed by atoms with Crippen LogP contribution in [0.15, 0.2) is 18.2 Å². The fourth-order valence-corrected chi connectivity index (χ4v) is 4.96. The molecular formula is C24H32F3N5O2. The van der Waals surface area contributed by atoms with Gasteiger partial charge in [0.1, 0.15) is 0 Å². The van der Waals surface area contributed by atoms with Crippen molar-refractivity contribution in [1.29, 1.82) is 5.26 Å². The highest BCUT2D eigenvalue weighted by Gasteiger charge is 2.52. The fourth-order valence-electron chi connectivity index (χ4n) is 4.96. The fraction of sp³-hybridized carbons (Fsp3) is 0.625. The van der Waals surface area contributed by atoms with Crippen LogP contribution in [0.25, 0.3) is 0 Å². The Bertz CT molecular complexity index is 962. The number of benzene rings is 1. The van der Waals surface area contributed by atoms with E-state index in [2.05, 4.69) is 5.32 Å². The minimum absolute atomic E-state index is 0.0367. The molecule has 2 aliphatic heterocycles. The molecule has 10 heteroatoms. The van der Waals surface area contributed by atoms with E-state index < -0.39 is 22.7 Å². The maximum atomic E-state index is 13.4. The molecule has 3 rings (SSSR count). The number of alkyl halides is 3. The summed E-state index contributed by atoms with van der Waals surface area (Å²) in [5.41, 5.74) is -1.37. The Labute approximate surface area is 198 Å². The second-order valence-corrected chi connectivity index (χ2v) is 9.93. The Kier molecular flexibility index (Phi) is 7.34. The lowest BCUT2D eigenvalue weighted by atomic mass is 9.70. The van der Waals surface area contributed by atoms with Gasteiger partial charge in [0.25, 0.3) is 0 Å². The molecule has 0 aromatic heterocycles. The first kappa shape index (κ1) is 25.7. The first-order valence-electron chi connectivity index (χ1n) is 11.5. The van der Waals surface area contributed by atoms with Crippen molar-refractivity contribution in [2.45, 2.75) is 32.9 Å². The molecule has 2 aliphatic rings. The molecule has 1 aromatic carbocycles. The van der Waals surface area contributed by atoms with Crippen LogP contribution in [0, 0.1) is 28.6 Å². The van der Waals surface area contributed by atoms with Gasteiger partial charge < -0.3 is 20.0 Å². The summed E-state index contributed by atoms with van der Waals surface area (Å²) in [4.78, 5) is 30.9. The Morgan fingerprint density at radius 1 is 1.26 bits per heavy atom. The van der Waals surface area contributed by atoms with Gasteiger partial charge in [-0.2, -0.15) is 18.4 Å². The summed E-state index contributed by atoms with van der Waals surface area (Å²) in [7, 11) is 3.39. The molecule has 34 heavy (non-hydrogen) atoms. The molecule has 7 nitrogen and oxygen atoms in total. The average molecular weight is 480 g/mol. The van der Waals surface area contributed by atoms with Gasteiger partial charge in [0.15, 0.2) is 0 Å². The second-order valence-electron chi connectivity index (χ2n) is 9.93. The highest BCUT2D eigenvalue weighted by molar-refractivity contribution is 5.82. The number of halogens is 3. The molecule has 1 aromatic rings. The van der Waals surface area contributed by atoms with E-state index in [0.717, 1.165) is 6.07 Å². The number of hydrogen-bond acceptors (Lipinski definition) is 4. The van der Waals surface area contributed by atoms with E-state index in [1.807, 2.05) is 18.7 Å². The highest BCUT2D eigenvalue weighted by atomic mass is 19.4. The van der Waals surface area contributed by atoms with Crippen molar-refractivity contribution in [3.63, 3.8) is 0 Å². The van der Waals surface area contributed by atoms with Gasteiger partial charge in [-0.3, -0.25) is 4.79 Å². The Morgan fingerprint density at radius 3 is 2.44 bits per heavy atom. The summed E-state index contributed by atoms with van der Waals surface area (Å²) in [6.45, 7) is 6.25. The molecule has 186 valence electrons. The zero-order valence-corrected chi connectivity index (χ0v) is 20.1. The van der Waals surface area contributed by atoms with Gasteiger partial charge in [-0.15, -0.1) is 0 Å². The molecule has 0 radical (unpaired) electrons. The van der Waals surface area contributed by atoms with E-state index in [0.29, 0.717) is 57.2 Å². The first-order valence-corrected chi connectivity index (χ1v) is 11.5. The van der Waals surface area contributed by atoms with Crippen LogP contribution in [0.4, 0.5) is 23.7 Å². The van der Waals surface area contributed by atoms with Crippen LogP contribution < -0.4 is 10.2 Å². The maximum absolute atomic E-state index is 13.4. The van der Waals surface area contributed by atoms with Crippen molar-refractivity contribution < 1.29 is 22.8 Å². The van der Waals surface area contributed by atoms with Crippen LogP contribution in [-0.2, 0) is 11.0 Å². The number of nitrogens with one attached hydrogen (secondary N) is 1. The summed E-state index contributed by atoms with van der Waals surface area (Å²) in [5, 5.41) is 12.0. The standard InChI is InChI=1S/C24H32F3N5O2/c1-16(2)13-29-22(34)32-14-20(21(33)30(3)4)23(15-32)7-9-31(10-8-23)18-6-5-17(12-28)19(11-18)24(25,26)27/h5-6,11,16,20H,7-10,13-15H2,1-4H3,(H,29,34). The lowest BCUT2D eigenvalue weighted by molar-refractivity contribution is -0.138. The molecule has 1 spiro atoms. The zero-order valence-electron chi connectivity index (χ0n) is 20.1. The maximum Gasteiger partial charge on any atom is 0.417 e. The number of nitrogens with zero attached hydrogens (tertiary/aromatic N) is 4. The monoisotopic (exact) mass is 479 g/mol. The smallest absolute Gasteiger partial charge is 0.371 e. The van der Waals surface area contributed by atoms with Crippen molar-refractivity contribution in [3.8, 4) is 6.07 Å². The number of hydrogen-bond donors (Lipinski definition) is 1. The summed E-state index contributed by atoms with van der Waals surface area (Å²) in [6.07, 6.45) is -3.46. The van der Waals surface area contributed by atoms with E-state index in [9.17, 15) is 22.8 Å². The minimum atomic E-state index is -4.61. The summed E-state index contributed by atoms with van der Waals surface area (Å²) in [5.74, 6) is -0.0940. The number of urea groups is 1. The third kappa shape index (κ3) is 5.24. The van der Waals surface area contributed by atoms with Crippen LogP contribution in [0.5, 0.6) is 0 Å². The first-order chi connectivity index (χ1) is 15.9. The number of carbonyl (C=O) groups excluding carboxylic acids is 2. The van der Waals surface area contributed by atoms with Crippen molar-refractivity contribution in [1.82, 2.24) is 15.1 Å². The van der Waals surface area contributed by atoms with Crippen LogP contribution in [0.1, 0.15) is 37.8 Å². The summed E-state index contributed by atoms with van der Waals surface area (Å²) >= 11 is 0. The Balaban J connectivity index is 1.80. The van der Waals surface area contributed by atoms with Crippen LogP contribution >= 0.6 is 0 Å². The second kappa shape index (κ2) is 9.72. The van der Waals surface area contributed by atoms with E-state index in [1.165, 1.54) is 12.1 Å². The van der Waals surface area contributed by atoms with Crippen LogP contribution in [0.2, 0.25) is 0 Å². The molecular weight excluding hydrogens is 447 g/mol. The summed E-state index contributed by atoms with van der Waals surface area (Å²) in [6, 6.07) is 5.19. The minimum Gasteiger partial charge on any atom is -0.371 e. The third-order valence-corrected chi connectivity index (χ3v) is 6.89. The van der Waals surface area contributed by atoms with Crippen LogP contribution in [0.3, 0.4) is 0 Å². The molecule has 0 saturated carbocycles. The van der Waals surface area contributed by atoms with Gasteiger partial charge in [0.2, 0.25) is 5.91 Å². The van der Waals surface area contributed by atoms with E-state index in [-0.39, 0.29) is 17.9 Å². The number of likely N-dealkylation sites (tertiary alicyclic amines) is 1. The van der Waals surface area contributed by atoms with Crippen molar-refractivity contribution in [2.75, 3.05) is 51.7 Å². The largest absolute Gasteiger partial charge is 0.417 e.